The van der Waals surface area contributed by atoms with E-state index in [-0.39, 0.29) is 12.1 Å². The normalized spacial score (nSPS) is 11.9. The van der Waals surface area contributed by atoms with Crippen LogP contribution in [-0.2, 0) is 9.53 Å². The van der Waals surface area contributed by atoms with E-state index in [0.29, 0.717) is 18.7 Å². The van der Waals surface area contributed by atoms with Crippen molar-refractivity contribution in [1.82, 2.24) is 5.32 Å². The van der Waals surface area contributed by atoms with Gasteiger partial charge in [0.25, 0.3) is 0 Å². The molecule has 0 radical (unpaired) electrons. The van der Waals surface area contributed by atoms with Crippen LogP contribution in [0.25, 0.3) is 0 Å². The lowest BCUT2D eigenvalue weighted by Crippen LogP contribution is -2.25. The Balaban J connectivity index is 3.93. The number of hydrogen-bond acceptors (Lipinski definition) is 3. The second-order valence-electron chi connectivity index (χ2n) is 4.45. The zero-order valence-electron chi connectivity index (χ0n) is 11.8. The molecule has 3 heteroatoms. The van der Waals surface area contributed by atoms with E-state index in [0.717, 1.165) is 19.3 Å². The maximum absolute atomic E-state index is 11.8. The van der Waals surface area contributed by atoms with Crippen molar-refractivity contribution in [2.45, 2.75) is 52.1 Å². The lowest BCUT2D eigenvalue weighted by Gasteiger charge is -2.17. The van der Waals surface area contributed by atoms with E-state index < -0.39 is 0 Å². The molecule has 1 unspecified atom stereocenters. The molecule has 0 aliphatic carbocycles. The number of unbranched alkanes of at least 4 members (excludes halogenated alkanes) is 2. The third kappa shape index (κ3) is 8.07. The number of nitrogens with one attached hydrogen (secondary N) is 1. The van der Waals surface area contributed by atoms with E-state index in [1.54, 1.807) is 6.08 Å². The first-order chi connectivity index (χ1) is 8.65. The van der Waals surface area contributed by atoms with Crippen LogP contribution in [0.15, 0.2) is 24.8 Å². The van der Waals surface area contributed by atoms with Gasteiger partial charge in [0, 0.05) is 18.7 Å². The second-order valence-corrected chi connectivity index (χ2v) is 4.45. The largest absolute Gasteiger partial charge is 0.459 e. The minimum absolute atomic E-state index is 0.0280. The first-order valence-corrected chi connectivity index (χ1v) is 6.86. The average Bonchev–Trinajstić information content (AvgIpc) is 2.37. The molecular formula is C15H27NO2. The minimum atomic E-state index is -0.282. The molecule has 0 saturated heterocycles. The molecule has 0 aromatic heterocycles. The third-order valence-electron chi connectivity index (χ3n) is 2.77. The Morgan fingerprint density at radius 2 is 2.11 bits per heavy atom. The SMILES string of the molecule is C=CCNCC(=C)C(=O)OC(CC)CCCCC. The van der Waals surface area contributed by atoms with E-state index in [2.05, 4.69) is 25.4 Å². The molecule has 0 saturated carbocycles. The standard InChI is InChI=1S/C15H27NO2/c1-5-8-9-10-14(7-3)18-15(17)13(4)12-16-11-6-2/h6,14,16H,2,4-5,7-12H2,1,3H3. The van der Waals surface area contributed by atoms with Crippen LogP contribution in [-0.4, -0.2) is 25.2 Å². The lowest BCUT2D eigenvalue weighted by atomic mass is 10.1. The van der Waals surface area contributed by atoms with Crippen molar-refractivity contribution in [3.8, 4) is 0 Å². The first kappa shape index (κ1) is 16.9. The van der Waals surface area contributed by atoms with Crippen molar-refractivity contribution >= 4 is 5.97 Å². The van der Waals surface area contributed by atoms with Crippen LogP contribution in [0.4, 0.5) is 0 Å². The fraction of sp³-hybridized carbons (Fsp3) is 0.667. The highest BCUT2D eigenvalue weighted by atomic mass is 16.5. The first-order valence-electron chi connectivity index (χ1n) is 6.86. The van der Waals surface area contributed by atoms with Gasteiger partial charge in [-0.3, -0.25) is 0 Å². The number of ether oxygens (including phenoxy) is 1. The zero-order valence-corrected chi connectivity index (χ0v) is 11.8. The van der Waals surface area contributed by atoms with Crippen molar-refractivity contribution in [1.29, 1.82) is 0 Å². The molecule has 1 atom stereocenters. The summed E-state index contributed by atoms with van der Waals surface area (Å²) < 4.78 is 5.43. The highest BCUT2D eigenvalue weighted by Crippen LogP contribution is 2.11. The van der Waals surface area contributed by atoms with Gasteiger partial charge in [-0.2, -0.15) is 0 Å². The summed E-state index contributed by atoms with van der Waals surface area (Å²) in [5.41, 5.74) is 0.478. The van der Waals surface area contributed by atoms with Gasteiger partial charge in [-0.15, -0.1) is 6.58 Å². The second kappa shape index (κ2) is 11.0. The number of esters is 1. The summed E-state index contributed by atoms with van der Waals surface area (Å²) in [6, 6.07) is 0. The van der Waals surface area contributed by atoms with Crippen LogP contribution >= 0.6 is 0 Å². The van der Waals surface area contributed by atoms with Gasteiger partial charge in [0.1, 0.15) is 6.10 Å². The highest BCUT2D eigenvalue weighted by molar-refractivity contribution is 5.88. The number of carbonyl (C=O) groups is 1. The fourth-order valence-corrected chi connectivity index (χ4v) is 1.60. The van der Waals surface area contributed by atoms with E-state index in [1.807, 2.05) is 6.92 Å². The van der Waals surface area contributed by atoms with Crippen LogP contribution in [0.5, 0.6) is 0 Å². The summed E-state index contributed by atoms with van der Waals surface area (Å²) in [7, 11) is 0. The van der Waals surface area contributed by atoms with Crippen molar-refractivity contribution in [2.24, 2.45) is 0 Å². The molecule has 0 aromatic carbocycles. The summed E-state index contributed by atoms with van der Waals surface area (Å²) in [4.78, 5) is 11.8. The molecule has 18 heavy (non-hydrogen) atoms. The number of carbonyl (C=O) groups excluding carboxylic acids is 1. The van der Waals surface area contributed by atoms with Crippen molar-refractivity contribution < 1.29 is 9.53 Å². The predicted octanol–water partition coefficient (Wildman–Crippen LogP) is 3.22. The van der Waals surface area contributed by atoms with Crippen LogP contribution in [0.2, 0.25) is 0 Å². The molecule has 0 aliphatic heterocycles. The Morgan fingerprint density at radius 3 is 2.67 bits per heavy atom. The molecule has 0 amide bonds. The number of hydrogen-bond donors (Lipinski definition) is 1. The zero-order chi connectivity index (χ0) is 13.8. The Bertz CT molecular complexity index is 261. The Morgan fingerprint density at radius 1 is 1.39 bits per heavy atom. The van der Waals surface area contributed by atoms with Gasteiger partial charge in [-0.1, -0.05) is 39.3 Å². The molecule has 104 valence electrons. The van der Waals surface area contributed by atoms with E-state index in [1.165, 1.54) is 12.8 Å². The summed E-state index contributed by atoms with van der Waals surface area (Å²) >= 11 is 0. The summed E-state index contributed by atoms with van der Waals surface area (Å²) in [5.74, 6) is -0.282. The Labute approximate surface area is 111 Å². The lowest BCUT2D eigenvalue weighted by molar-refractivity contribution is -0.144. The van der Waals surface area contributed by atoms with Gasteiger partial charge in [0.2, 0.25) is 0 Å². The molecule has 0 rings (SSSR count). The fourth-order valence-electron chi connectivity index (χ4n) is 1.60. The van der Waals surface area contributed by atoms with Gasteiger partial charge < -0.3 is 10.1 Å². The maximum atomic E-state index is 11.8. The molecule has 1 N–H and O–H groups in total. The van der Waals surface area contributed by atoms with Crippen LogP contribution in [0.3, 0.4) is 0 Å². The topological polar surface area (TPSA) is 38.3 Å². The van der Waals surface area contributed by atoms with Crippen LogP contribution in [0.1, 0.15) is 46.0 Å². The van der Waals surface area contributed by atoms with Crippen molar-refractivity contribution in [2.75, 3.05) is 13.1 Å². The molecule has 0 bridgehead atoms. The minimum Gasteiger partial charge on any atom is -0.459 e. The van der Waals surface area contributed by atoms with Gasteiger partial charge in [0.05, 0.1) is 0 Å². The van der Waals surface area contributed by atoms with Crippen LogP contribution < -0.4 is 5.32 Å². The molecule has 0 heterocycles. The molecule has 3 nitrogen and oxygen atoms in total. The smallest absolute Gasteiger partial charge is 0.334 e. The van der Waals surface area contributed by atoms with Crippen molar-refractivity contribution in [3.63, 3.8) is 0 Å². The maximum Gasteiger partial charge on any atom is 0.334 e. The molecule has 0 aliphatic rings. The molecule has 0 fully saturated rings. The Kier molecular flexibility index (Phi) is 10.4. The van der Waals surface area contributed by atoms with Gasteiger partial charge in [0.15, 0.2) is 0 Å². The predicted molar refractivity (Wildman–Crippen MR) is 76.5 cm³/mol. The molecular weight excluding hydrogens is 226 g/mol. The van der Waals surface area contributed by atoms with Gasteiger partial charge in [-0.05, 0) is 19.3 Å². The summed E-state index contributed by atoms with van der Waals surface area (Å²) in [6.07, 6.45) is 7.08. The summed E-state index contributed by atoms with van der Waals surface area (Å²) in [5, 5.41) is 3.04. The molecule has 0 aromatic rings. The van der Waals surface area contributed by atoms with Crippen molar-refractivity contribution in [3.05, 3.63) is 24.8 Å². The van der Waals surface area contributed by atoms with E-state index >= 15 is 0 Å². The monoisotopic (exact) mass is 253 g/mol. The van der Waals surface area contributed by atoms with E-state index in [9.17, 15) is 4.79 Å². The Hall–Kier alpha value is -1.09. The highest BCUT2D eigenvalue weighted by Gasteiger charge is 2.14. The number of rotatable bonds is 11. The van der Waals surface area contributed by atoms with E-state index in [4.69, 9.17) is 4.74 Å². The van der Waals surface area contributed by atoms with Gasteiger partial charge in [-0.25, -0.2) is 4.79 Å². The average molecular weight is 253 g/mol. The molecule has 0 spiro atoms. The summed E-state index contributed by atoms with van der Waals surface area (Å²) in [6.45, 7) is 12.7. The quantitative estimate of drug-likeness (QED) is 0.266. The third-order valence-corrected chi connectivity index (χ3v) is 2.77. The van der Waals surface area contributed by atoms with Gasteiger partial charge >= 0.3 is 5.97 Å². The van der Waals surface area contributed by atoms with Crippen LogP contribution in [0, 0.1) is 0 Å².